The van der Waals surface area contributed by atoms with Crippen LogP contribution in [0.1, 0.15) is 25.5 Å². The predicted molar refractivity (Wildman–Crippen MR) is 145 cm³/mol. The predicted octanol–water partition coefficient (Wildman–Crippen LogP) is 4.70. The fourth-order valence-corrected chi connectivity index (χ4v) is 5.93. The lowest BCUT2D eigenvalue weighted by atomic mass is 10.1. The van der Waals surface area contributed by atoms with Gasteiger partial charge < -0.3 is 20.3 Å². The fourth-order valence-electron chi connectivity index (χ4n) is 4.47. The zero-order valence-electron chi connectivity index (χ0n) is 20.6. The second kappa shape index (κ2) is 9.92. The first kappa shape index (κ1) is 25.4. The summed E-state index contributed by atoms with van der Waals surface area (Å²) in [4.78, 5) is 24.0. The molecule has 1 atom stereocenters. The van der Waals surface area contributed by atoms with E-state index >= 15 is 0 Å². The van der Waals surface area contributed by atoms with Crippen LogP contribution in [-0.4, -0.2) is 56.5 Å². The van der Waals surface area contributed by atoms with Gasteiger partial charge in [-0.1, -0.05) is 11.6 Å². The number of halogens is 1. The first-order chi connectivity index (χ1) is 17.6. The molecule has 0 radical (unpaired) electrons. The van der Waals surface area contributed by atoms with Crippen LogP contribution in [0.25, 0.3) is 11.4 Å². The van der Waals surface area contributed by atoms with Crippen LogP contribution < -0.4 is 15.5 Å². The van der Waals surface area contributed by atoms with Crippen LogP contribution in [0.5, 0.6) is 0 Å². The van der Waals surface area contributed by atoms with E-state index in [1.165, 1.54) is 6.26 Å². The molecule has 194 valence electrons. The molecule has 0 bridgehead atoms. The normalized spacial score (nSPS) is 18.8. The lowest BCUT2D eigenvalue weighted by Crippen LogP contribution is -2.44. The summed E-state index contributed by atoms with van der Waals surface area (Å²) in [5.74, 6) is 1.13. The van der Waals surface area contributed by atoms with E-state index in [1.807, 2.05) is 18.2 Å². The Hall–Kier alpha value is -3.21. The molecule has 1 saturated carbocycles. The molecular formula is C26H28ClN5O4S. The van der Waals surface area contributed by atoms with Crippen molar-refractivity contribution in [3.05, 3.63) is 65.3 Å². The number of hydrogen-bond acceptors (Lipinski definition) is 7. The molecule has 0 unspecified atom stereocenters. The van der Waals surface area contributed by atoms with Crippen molar-refractivity contribution < 1.29 is 17.9 Å². The SMILES string of the molecule is C[C@H]1COCCN1c1cc(C2(S(C)(=O)=O)CC2)nc(-c2ccc(NC(=O)Nc3ccc(Cl)cc3)cc2)n1. The highest BCUT2D eigenvalue weighted by Gasteiger charge is 2.55. The fraction of sp³-hybridized carbons (Fsp3) is 0.346. The number of sulfone groups is 1. The van der Waals surface area contributed by atoms with Crippen LogP contribution in [0, 0.1) is 0 Å². The summed E-state index contributed by atoms with van der Waals surface area (Å²) in [7, 11) is -3.35. The molecule has 2 heterocycles. The Bertz CT molecular complexity index is 1410. The van der Waals surface area contributed by atoms with Crippen LogP contribution in [0.2, 0.25) is 5.02 Å². The number of morpholine rings is 1. The maximum atomic E-state index is 12.7. The smallest absolute Gasteiger partial charge is 0.323 e. The third-order valence-corrected chi connectivity index (χ3v) is 9.05. The largest absolute Gasteiger partial charge is 0.377 e. The average molecular weight is 542 g/mol. The Morgan fingerprint density at radius 1 is 1.05 bits per heavy atom. The number of nitrogens with one attached hydrogen (secondary N) is 2. The van der Waals surface area contributed by atoms with Gasteiger partial charge >= 0.3 is 6.03 Å². The van der Waals surface area contributed by atoms with E-state index in [-0.39, 0.29) is 12.1 Å². The number of aromatic nitrogens is 2. The molecule has 37 heavy (non-hydrogen) atoms. The Morgan fingerprint density at radius 3 is 2.24 bits per heavy atom. The molecule has 2 aliphatic rings. The Balaban J connectivity index is 1.41. The van der Waals surface area contributed by atoms with Gasteiger partial charge in [0, 0.05) is 40.8 Å². The number of rotatable bonds is 6. The molecule has 3 aromatic rings. The lowest BCUT2D eigenvalue weighted by Gasteiger charge is -2.34. The van der Waals surface area contributed by atoms with E-state index in [0.29, 0.717) is 66.3 Å². The summed E-state index contributed by atoms with van der Waals surface area (Å²) in [6, 6.07) is 15.5. The highest BCUT2D eigenvalue weighted by Crippen LogP contribution is 2.52. The molecule has 0 spiro atoms. The van der Waals surface area contributed by atoms with E-state index < -0.39 is 14.6 Å². The van der Waals surface area contributed by atoms with Gasteiger partial charge in [-0.3, -0.25) is 0 Å². The van der Waals surface area contributed by atoms with Gasteiger partial charge in [0.25, 0.3) is 0 Å². The number of carbonyl (C=O) groups excluding carboxylic acids is 1. The second-order valence-corrected chi connectivity index (χ2v) is 12.2. The van der Waals surface area contributed by atoms with Gasteiger partial charge in [0.2, 0.25) is 0 Å². The number of urea groups is 1. The standard InChI is InChI=1S/C26H28ClN5O4S/c1-17-16-36-14-13-32(17)23-15-22(26(11-12-26)37(2,34)35)30-24(31-23)18-3-7-20(8-4-18)28-25(33)29-21-9-5-19(27)6-10-21/h3-10,15,17H,11-14,16H2,1-2H3,(H2,28,29,33)/t17-/m0/s1. The number of benzene rings is 2. The van der Waals surface area contributed by atoms with E-state index in [4.69, 9.17) is 26.3 Å². The summed E-state index contributed by atoms with van der Waals surface area (Å²) in [6.07, 6.45) is 2.37. The molecule has 2 N–H and O–H groups in total. The van der Waals surface area contributed by atoms with E-state index in [0.717, 1.165) is 5.56 Å². The topological polar surface area (TPSA) is 114 Å². The highest BCUT2D eigenvalue weighted by atomic mass is 35.5. The number of amides is 2. The van der Waals surface area contributed by atoms with Gasteiger partial charge in [0.05, 0.1) is 24.9 Å². The summed E-state index contributed by atoms with van der Waals surface area (Å²) < 4.78 is 29.9. The summed E-state index contributed by atoms with van der Waals surface area (Å²) >= 11 is 5.89. The molecule has 11 heteroatoms. The summed E-state index contributed by atoms with van der Waals surface area (Å²) in [5.41, 5.74) is 2.45. The van der Waals surface area contributed by atoms with Crippen molar-refractivity contribution in [1.29, 1.82) is 0 Å². The maximum absolute atomic E-state index is 12.7. The van der Waals surface area contributed by atoms with Crippen LogP contribution in [0.3, 0.4) is 0 Å². The molecule has 1 aliphatic carbocycles. The van der Waals surface area contributed by atoms with Crippen molar-refractivity contribution in [2.45, 2.75) is 30.6 Å². The van der Waals surface area contributed by atoms with Gasteiger partial charge in [0.1, 0.15) is 10.6 Å². The molecular weight excluding hydrogens is 514 g/mol. The maximum Gasteiger partial charge on any atom is 0.323 e. The average Bonchev–Trinajstić information content (AvgIpc) is 3.69. The van der Waals surface area contributed by atoms with Crippen LogP contribution in [-0.2, 0) is 19.3 Å². The molecule has 5 rings (SSSR count). The summed E-state index contributed by atoms with van der Waals surface area (Å²) in [6.45, 7) is 3.87. The van der Waals surface area contributed by atoms with Crippen molar-refractivity contribution in [3.8, 4) is 11.4 Å². The molecule has 2 amide bonds. The van der Waals surface area contributed by atoms with E-state index in [9.17, 15) is 13.2 Å². The van der Waals surface area contributed by atoms with Crippen LogP contribution in [0.4, 0.5) is 22.0 Å². The minimum atomic E-state index is -3.35. The van der Waals surface area contributed by atoms with Gasteiger partial charge in [0.15, 0.2) is 15.7 Å². The first-order valence-electron chi connectivity index (χ1n) is 12.0. The molecule has 1 saturated heterocycles. The monoisotopic (exact) mass is 541 g/mol. The minimum absolute atomic E-state index is 0.100. The number of hydrogen-bond donors (Lipinski definition) is 2. The highest BCUT2D eigenvalue weighted by molar-refractivity contribution is 7.91. The molecule has 2 aromatic carbocycles. The molecule has 2 fully saturated rings. The van der Waals surface area contributed by atoms with Crippen LogP contribution in [0.15, 0.2) is 54.6 Å². The number of ether oxygens (including phenoxy) is 1. The number of nitrogens with zero attached hydrogens (tertiary/aromatic N) is 3. The van der Waals surface area contributed by atoms with Gasteiger partial charge in [-0.05, 0) is 68.3 Å². The Morgan fingerprint density at radius 2 is 1.68 bits per heavy atom. The van der Waals surface area contributed by atoms with Crippen molar-refractivity contribution in [2.24, 2.45) is 0 Å². The van der Waals surface area contributed by atoms with Crippen LogP contribution >= 0.6 is 11.6 Å². The van der Waals surface area contributed by atoms with Crippen molar-refractivity contribution in [2.75, 3.05) is 41.5 Å². The van der Waals surface area contributed by atoms with Crippen molar-refractivity contribution in [3.63, 3.8) is 0 Å². The zero-order valence-corrected chi connectivity index (χ0v) is 22.1. The Kier molecular flexibility index (Phi) is 6.82. The third kappa shape index (κ3) is 5.41. The zero-order chi connectivity index (χ0) is 26.2. The van der Waals surface area contributed by atoms with Crippen molar-refractivity contribution in [1.82, 2.24) is 9.97 Å². The number of anilines is 3. The lowest BCUT2D eigenvalue weighted by molar-refractivity contribution is 0.0985. The minimum Gasteiger partial charge on any atom is -0.377 e. The number of carbonyl (C=O) groups is 1. The van der Waals surface area contributed by atoms with Gasteiger partial charge in [-0.25, -0.2) is 23.2 Å². The first-order valence-corrected chi connectivity index (χ1v) is 14.3. The van der Waals surface area contributed by atoms with E-state index in [2.05, 4.69) is 22.5 Å². The second-order valence-electron chi connectivity index (χ2n) is 9.48. The third-order valence-electron chi connectivity index (χ3n) is 6.76. The quantitative estimate of drug-likeness (QED) is 0.465. The van der Waals surface area contributed by atoms with Gasteiger partial charge in [-0.2, -0.15) is 0 Å². The van der Waals surface area contributed by atoms with E-state index in [1.54, 1.807) is 36.4 Å². The van der Waals surface area contributed by atoms with Gasteiger partial charge in [-0.15, -0.1) is 0 Å². The summed E-state index contributed by atoms with van der Waals surface area (Å²) in [5, 5.41) is 6.13. The van der Waals surface area contributed by atoms with Crippen molar-refractivity contribution >= 4 is 44.7 Å². The Labute approximate surface area is 221 Å². The molecule has 1 aliphatic heterocycles. The molecule has 1 aromatic heterocycles. The molecule has 9 nitrogen and oxygen atoms in total.